The van der Waals surface area contributed by atoms with Crippen molar-refractivity contribution in [1.29, 1.82) is 0 Å². The molecule has 1 fully saturated rings. The Balaban J connectivity index is 2.21. The standard InChI is InChI=1S/C21H30BrN3O6/c1-20(2,3)16(24-19(29)31-21(4,5)6)17(26)25-11-14(8-15(25)18(27)28)30-13-7-12(22)9-23-10-13/h7,9-10,14-16H,8,11H2,1-6H3,(H,24,29)(H,27,28)/t14-,15+,16-/m1/s1. The molecule has 1 aromatic heterocycles. The largest absolute Gasteiger partial charge is 0.487 e. The predicted molar refractivity (Wildman–Crippen MR) is 117 cm³/mol. The second-order valence-corrected chi connectivity index (χ2v) is 10.5. The van der Waals surface area contributed by atoms with E-state index >= 15 is 0 Å². The van der Waals surface area contributed by atoms with E-state index in [0.29, 0.717) is 5.75 Å². The van der Waals surface area contributed by atoms with Crippen molar-refractivity contribution in [2.75, 3.05) is 6.54 Å². The highest BCUT2D eigenvalue weighted by Crippen LogP contribution is 2.29. The Morgan fingerprint density at radius 2 is 1.87 bits per heavy atom. The van der Waals surface area contributed by atoms with E-state index in [9.17, 15) is 19.5 Å². The van der Waals surface area contributed by atoms with Crippen molar-refractivity contribution in [2.45, 2.75) is 71.8 Å². The van der Waals surface area contributed by atoms with Crippen LogP contribution in [-0.4, -0.2) is 63.3 Å². The van der Waals surface area contributed by atoms with Gasteiger partial charge in [0.15, 0.2) is 0 Å². The number of carboxylic acids is 1. The lowest BCUT2D eigenvalue weighted by molar-refractivity contribution is -0.150. The van der Waals surface area contributed by atoms with Gasteiger partial charge in [0.1, 0.15) is 29.5 Å². The van der Waals surface area contributed by atoms with Gasteiger partial charge in [0.2, 0.25) is 5.91 Å². The Hall–Kier alpha value is -2.36. The molecule has 1 aromatic rings. The molecule has 0 aromatic carbocycles. The maximum atomic E-state index is 13.4. The lowest BCUT2D eigenvalue weighted by atomic mass is 9.85. The van der Waals surface area contributed by atoms with Gasteiger partial charge in [0.25, 0.3) is 0 Å². The highest BCUT2D eigenvalue weighted by Gasteiger charge is 2.46. The monoisotopic (exact) mass is 499 g/mol. The second-order valence-electron chi connectivity index (χ2n) is 9.60. The number of pyridine rings is 1. The molecule has 1 aliphatic rings. The zero-order valence-corrected chi connectivity index (χ0v) is 20.2. The van der Waals surface area contributed by atoms with Crippen LogP contribution >= 0.6 is 15.9 Å². The van der Waals surface area contributed by atoms with E-state index in [1.807, 2.05) is 0 Å². The Kier molecular flexibility index (Phi) is 7.57. The topological polar surface area (TPSA) is 118 Å². The van der Waals surface area contributed by atoms with Crippen molar-refractivity contribution in [3.63, 3.8) is 0 Å². The number of rotatable bonds is 5. The van der Waals surface area contributed by atoms with Crippen LogP contribution in [0.2, 0.25) is 0 Å². The number of amides is 2. The number of aliphatic carboxylic acids is 1. The average molecular weight is 500 g/mol. The first-order valence-corrected chi connectivity index (χ1v) is 10.8. The van der Waals surface area contributed by atoms with Crippen molar-refractivity contribution in [3.05, 3.63) is 22.9 Å². The summed E-state index contributed by atoms with van der Waals surface area (Å²) in [5.41, 5.74) is -1.41. The molecular formula is C21H30BrN3O6. The fraction of sp³-hybridized carbons (Fsp3) is 0.619. The minimum absolute atomic E-state index is 0.0743. The fourth-order valence-electron chi connectivity index (χ4n) is 3.25. The minimum Gasteiger partial charge on any atom is -0.487 e. The number of nitrogens with one attached hydrogen (secondary N) is 1. The number of carbonyl (C=O) groups is 3. The molecule has 2 N–H and O–H groups in total. The Bertz CT molecular complexity index is 833. The fourth-order valence-corrected chi connectivity index (χ4v) is 3.59. The average Bonchev–Trinajstić information content (AvgIpc) is 3.01. The first-order valence-electron chi connectivity index (χ1n) is 9.97. The van der Waals surface area contributed by atoms with Crippen molar-refractivity contribution in [2.24, 2.45) is 5.41 Å². The van der Waals surface area contributed by atoms with Gasteiger partial charge in [-0.3, -0.25) is 9.78 Å². The van der Waals surface area contributed by atoms with Gasteiger partial charge in [0, 0.05) is 17.1 Å². The van der Waals surface area contributed by atoms with E-state index in [1.54, 1.807) is 53.8 Å². The number of ether oxygens (including phenoxy) is 2. The molecule has 2 rings (SSSR count). The van der Waals surface area contributed by atoms with E-state index in [1.165, 1.54) is 11.1 Å². The maximum absolute atomic E-state index is 13.4. The van der Waals surface area contributed by atoms with Crippen LogP contribution in [0.1, 0.15) is 48.0 Å². The van der Waals surface area contributed by atoms with Crippen LogP contribution in [-0.2, 0) is 14.3 Å². The van der Waals surface area contributed by atoms with Crippen LogP contribution < -0.4 is 10.1 Å². The van der Waals surface area contributed by atoms with Crippen LogP contribution in [0.25, 0.3) is 0 Å². The van der Waals surface area contributed by atoms with E-state index in [4.69, 9.17) is 9.47 Å². The van der Waals surface area contributed by atoms with Gasteiger partial charge in [-0.05, 0) is 48.2 Å². The summed E-state index contributed by atoms with van der Waals surface area (Å²) < 4.78 is 11.9. The van der Waals surface area contributed by atoms with E-state index in [0.717, 1.165) is 4.47 Å². The van der Waals surface area contributed by atoms with Crippen LogP contribution in [0.5, 0.6) is 5.75 Å². The van der Waals surface area contributed by atoms with Gasteiger partial charge in [0.05, 0.1) is 12.7 Å². The molecule has 0 saturated carbocycles. The molecule has 2 heterocycles. The summed E-state index contributed by atoms with van der Waals surface area (Å²) >= 11 is 3.31. The summed E-state index contributed by atoms with van der Waals surface area (Å²) in [6.45, 7) is 10.6. The molecule has 0 unspecified atom stereocenters. The van der Waals surface area contributed by atoms with E-state index in [2.05, 4.69) is 26.2 Å². The summed E-state index contributed by atoms with van der Waals surface area (Å²) in [6, 6.07) is -0.326. The van der Waals surface area contributed by atoms with Gasteiger partial charge in [-0.15, -0.1) is 0 Å². The van der Waals surface area contributed by atoms with Crippen LogP contribution in [0.15, 0.2) is 22.9 Å². The van der Waals surface area contributed by atoms with Gasteiger partial charge >= 0.3 is 12.1 Å². The number of carboxylic acid groups (broad SMARTS) is 1. The third kappa shape index (κ3) is 7.09. The number of halogens is 1. The zero-order chi connectivity index (χ0) is 23.6. The molecule has 1 saturated heterocycles. The number of hydrogen-bond donors (Lipinski definition) is 2. The third-order valence-electron chi connectivity index (χ3n) is 4.59. The van der Waals surface area contributed by atoms with E-state index in [-0.39, 0.29) is 13.0 Å². The molecular weight excluding hydrogens is 470 g/mol. The molecule has 0 radical (unpaired) electrons. The summed E-state index contributed by atoms with van der Waals surface area (Å²) in [5, 5.41) is 12.3. The lowest BCUT2D eigenvalue weighted by Gasteiger charge is -2.35. The SMILES string of the molecule is CC(C)(C)OC(=O)N[C@H](C(=O)N1C[C@H](Oc2cncc(Br)c2)C[C@H]1C(=O)O)C(C)(C)C. The minimum atomic E-state index is -1.13. The van der Waals surface area contributed by atoms with Gasteiger partial charge in [-0.25, -0.2) is 9.59 Å². The number of carbonyl (C=O) groups excluding carboxylic acids is 2. The molecule has 0 aliphatic carbocycles. The second kappa shape index (κ2) is 9.42. The quantitative estimate of drug-likeness (QED) is 0.638. The summed E-state index contributed by atoms with van der Waals surface area (Å²) in [7, 11) is 0. The van der Waals surface area contributed by atoms with Crippen LogP contribution in [0.4, 0.5) is 4.79 Å². The van der Waals surface area contributed by atoms with Gasteiger partial charge < -0.3 is 24.8 Å². The maximum Gasteiger partial charge on any atom is 0.408 e. The Morgan fingerprint density at radius 3 is 2.39 bits per heavy atom. The molecule has 31 heavy (non-hydrogen) atoms. The first kappa shape index (κ1) is 24.9. The number of aromatic nitrogens is 1. The lowest BCUT2D eigenvalue weighted by Crippen LogP contribution is -2.57. The van der Waals surface area contributed by atoms with Gasteiger partial charge in [-0.1, -0.05) is 20.8 Å². The van der Waals surface area contributed by atoms with Crippen molar-refractivity contribution >= 4 is 33.9 Å². The smallest absolute Gasteiger partial charge is 0.408 e. The molecule has 0 spiro atoms. The van der Waals surface area contributed by atoms with Gasteiger partial charge in [-0.2, -0.15) is 0 Å². The number of alkyl carbamates (subject to hydrolysis) is 1. The molecule has 172 valence electrons. The summed E-state index contributed by atoms with van der Waals surface area (Å²) in [6.07, 6.45) is 1.99. The normalized spacial score (nSPS) is 20.2. The Morgan fingerprint density at radius 1 is 1.23 bits per heavy atom. The molecule has 0 bridgehead atoms. The molecule has 3 atom stereocenters. The van der Waals surface area contributed by atoms with Crippen molar-refractivity contribution in [3.8, 4) is 5.75 Å². The van der Waals surface area contributed by atoms with Crippen molar-refractivity contribution < 1.29 is 29.0 Å². The molecule has 1 aliphatic heterocycles. The molecule has 10 heteroatoms. The number of likely N-dealkylation sites (tertiary alicyclic amines) is 1. The van der Waals surface area contributed by atoms with Crippen LogP contribution in [0, 0.1) is 5.41 Å². The highest BCUT2D eigenvalue weighted by molar-refractivity contribution is 9.10. The summed E-state index contributed by atoms with van der Waals surface area (Å²) in [4.78, 5) is 42.9. The molecule has 2 amide bonds. The summed E-state index contributed by atoms with van der Waals surface area (Å²) in [5.74, 6) is -1.15. The predicted octanol–water partition coefficient (Wildman–Crippen LogP) is 3.22. The number of hydrogen-bond acceptors (Lipinski definition) is 6. The highest BCUT2D eigenvalue weighted by atomic mass is 79.9. The number of nitrogens with zero attached hydrogens (tertiary/aromatic N) is 2. The molecule has 9 nitrogen and oxygen atoms in total. The van der Waals surface area contributed by atoms with Crippen molar-refractivity contribution in [1.82, 2.24) is 15.2 Å². The van der Waals surface area contributed by atoms with Crippen LogP contribution in [0.3, 0.4) is 0 Å². The first-order chi connectivity index (χ1) is 14.2. The van der Waals surface area contributed by atoms with E-state index < -0.39 is 47.2 Å². The third-order valence-corrected chi connectivity index (χ3v) is 5.02. The zero-order valence-electron chi connectivity index (χ0n) is 18.6. The Labute approximate surface area is 190 Å².